The van der Waals surface area contributed by atoms with Crippen LogP contribution in [0.5, 0.6) is 0 Å². The number of rotatable bonds is 1. The molecular weight excluding hydrogens is 240 g/mol. The fourth-order valence-corrected chi connectivity index (χ4v) is 3.27. The number of nitro benzene ring substituents is 1. The first-order chi connectivity index (χ1) is 9.24. The third kappa shape index (κ3) is 1.43. The summed E-state index contributed by atoms with van der Waals surface area (Å²) in [5, 5.41) is 14.5. The highest BCUT2D eigenvalue weighted by atomic mass is 16.6. The topological polar surface area (TPSA) is 55.2 Å². The second kappa shape index (κ2) is 3.65. The Morgan fingerprint density at radius 1 is 1.11 bits per heavy atom. The molecule has 0 aromatic heterocycles. The van der Waals surface area contributed by atoms with E-state index < -0.39 is 0 Å². The van der Waals surface area contributed by atoms with Gasteiger partial charge in [-0.25, -0.2) is 0 Å². The molecule has 0 fully saturated rings. The van der Waals surface area contributed by atoms with E-state index in [0.717, 1.165) is 12.0 Å². The zero-order valence-corrected chi connectivity index (χ0v) is 10.2. The Balaban J connectivity index is 1.89. The van der Waals surface area contributed by atoms with Crippen molar-refractivity contribution in [1.82, 2.24) is 5.32 Å². The van der Waals surface area contributed by atoms with Crippen molar-refractivity contribution in [3.05, 3.63) is 74.8 Å². The van der Waals surface area contributed by atoms with Crippen LogP contribution in [0.15, 0.2) is 42.5 Å². The summed E-state index contributed by atoms with van der Waals surface area (Å²) in [7, 11) is 0. The van der Waals surface area contributed by atoms with E-state index in [1.807, 2.05) is 12.1 Å². The van der Waals surface area contributed by atoms with Crippen LogP contribution in [-0.4, -0.2) is 4.92 Å². The molecule has 4 heteroatoms. The fourth-order valence-electron chi connectivity index (χ4n) is 3.27. The van der Waals surface area contributed by atoms with Crippen LogP contribution in [0.2, 0.25) is 0 Å². The van der Waals surface area contributed by atoms with Crippen molar-refractivity contribution < 1.29 is 4.92 Å². The molecule has 1 N–H and O–H groups in total. The Hall–Kier alpha value is -2.20. The highest BCUT2D eigenvalue weighted by Crippen LogP contribution is 2.45. The van der Waals surface area contributed by atoms with Crippen molar-refractivity contribution in [1.29, 1.82) is 0 Å². The molecule has 2 aliphatic heterocycles. The minimum Gasteiger partial charge on any atom is -0.299 e. The number of nitrogens with one attached hydrogen (secondary N) is 1. The second-order valence-corrected chi connectivity index (χ2v) is 5.13. The molecule has 0 saturated carbocycles. The molecule has 2 bridgehead atoms. The summed E-state index contributed by atoms with van der Waals surface area (Å²) in [4.78, 5) is 10.6. The summed E-state index contributed by atoms with van der Waals surface area (Å²) in [5.41, 5.74) is 5.08. The van der Waals surface area contributed by atoms with Crippen molar-refractivity contribution in [2.24, 2.45) is 0 Å². The number of benzene rings is 2. The van der Waals surface area contributed by atoms with E-state index in [1.165, 1.54) is 16.7 Å². The van der Waals surface area contributed by atoms with Gasteiger partial charge in [0.15, 0.2) is 0 Å². The smallest absolute Gasteiger partial charge is 0.269 e. The highest BCUT2D eigenvalue weighted by molar-refractivity contribution is 5.53. The van der Waals surface area contributed by atoms with Crippen molar-refractivity contribution in [2.45, 2.75) is 18.5 Å². The molecule has 0 radical (unpaired) electrons. The van der Waals surface area contributed by atoms with Crippen LogP contribution in [0.3, 0.4) is 0 Å². The average Bonchev–Trinajstić information content (AvgIpc) is 2.73. The highest BCUT2D eigenvalue weighted by Gasteiger charge is 2.37. The summed E-state index contributed by atoms with van der Waals surface area (Å²) in [6, 6.07) is 14.0. The molecule has 2 unspecified atom stereocenters. The molecule has 0 spiro atoms. The van der Waals surface area contributed by atoms with E-state index >= 15 is 0 Å². The van der Waals surface area contributed by atoms with Crippen molar-refractivity contribution in [3.8, 4) is 0 Å². The number of nitrogens with zero attached hydrogens (tertiary/aromatic N) is 1. The van der Waals surface area contributed by atoms with Gasteiger partial charge in [-0.05, 0) is 34.7 Å². The van der Waals surface area contributed by atoms with Crippen molar-refractivity contribution in [3.63, 3.8) is 0 Å². The lowest BCUT2D eigenvalue weighted by molar-refractivity contribution is -0.384. The van der Waals surface area contributed by atoms with Gasteiger partial charge in [0, 0.05) is 18.2 Å². The number of nitro groups is 1. The first-order valence-electron chi connectivity index (χ1n) is 6.36. The Morgan fingerprint density at radius 3 is 2.79 bits per heavy atom. The molecule has 94 valence electrons. The monoisotopic (exact) mass is 252 g/mol. The first kappa shape index (κ1) is 10.7. The van der Waals surface area contributed by atoms with Gasteiger partial charge < -0.3 is 0 Å². The molecule has 2 heterocycles. The van der Waals surface area contributed by atoms with Crippen LogP contribution in [0, 0.1) is 10.1 Å². The van der Waals surface area contributed by atoms with Gasteiger partial charge in [-0.2, -0.15) is 0 Å². The molecule has 2 aromatic carbocycles. The minimum absolute atomic E-state index is 0.178. The second-order valence-electron chi connectivity index (χ2n) is 5.13. The number of fused-ring (bicyclic) bond motifs is 7. The molecule has 2 atom stereocenters. The minimum atomic E-state index is -0.324. The van der Waals surface area contributed by atoms with Crippen LogP contribution >= 0.6 is 0 Å². The lowest BCUT2D eigenvalue weighted by Gasteiger charge is -2.24. The largest absolute Gasteiger partial charge is 0.299 e. The Morgan fingerprint density at radius 2 is 1.95 bits per heavy atom. The summed E-state index contributed by atoms with van der Waals surface area (Å²) in [5.74, 6) is 0. The van der Waals surface area contributed by atoms with Gasteiger partial charge in [-0.1, -0.05) is 24.3 Å². The Labute approximate surface area is 110 Å². The van der Waals surface area contributed by atoms with Crippen molar-refractivity contribution >= 4 is 5.69 Å². The molecule has 4 rings (SSSR count). The van der Waals surface area contributed by atoms with E-state index in [9.17, 15) is 10.1 Å². The van der Waals surface area contributed by atoms with Gasteiger partial charge >= 0.3 is 0 Å². The third-order valence-electron chi connectivity index (χ3n) is 4.13. The maximum Gasteiger partial charge on any atom is 0.269 e. The lowest BCUT2D eigenvalue weighted by atomic mass is 9.94. The van der Waals surface area contributed by atoms with E-state index in [0.29, 0.717) is 0 Å². The predicted octanol–water partition coefficient (Wildman–Crippen LogP) is 2.88. The number of hydrogen-bond acceptors (Lipinski definition) is 3. The van der Waals surface area contributed by atoms with Crippen LogP contribution in [0.25, 0.3) is 0 Å². The summed E-state index contributed by atoms with van der Waals surface area (Å²) in [6.45, 7) is 0. The van der Waals surface area contributed by atoms with Crippen molar-refractivity contribution in [2.75, 3.05) is 0 Å². The zero-order valence-electron chi connectivity index (χ0n) is 10.2. The molecule has 4 nitrogen and oxygen atoms in total. The van der Waals surface area contributed by atoms with Gasteiger partial charge in [0.2, 0.25) is 0 Å². The summed E-state index contributed by atoms with van der Waals surface area (Å²) >= 11 is 0. The first-order valence-corrected chi connectivity index (χ1v) is 6.36. The maximum atomic E-state index is 10.9. The zero-order chi connectivity index (χ0) is 13.0. The fraction of sp³-hybridized carbons (Fsp3) is 0.200. The van der Waals surface area contributed by atoms with Crippen LogP contribution in [0.1, 0.15) is 34.3 Å². The van der Waals surface area contributed by atoms with E-state index in [1.54, 1.807) is 12.1 Å². The number of non-ortho nitro benzene ring substituents is 1. The quantitative estimate of drug-likeness (QED) is 0.627. The maximum absolute atomic E-state index is 10.9. The Kier molecular flexibility index (Phi) is 2.05. The lowest BCUT2D eigenvalue weighted by Crippen LogP contribution is -2.26. The molecular formula is C15H12N2O2. The van der Waals surface area contributed by atoms with Gasteiger partial charge in [-0.3, -0.25) is 15.4 Å². The molecule has 0 aliphatic carbocycles. The van der Waals surface area contributed by atoms with E-state index in [4.69, 9.17) is 0 Å². The predicted molar refractivity (Wildman–Crippen MR) is 71.0 cm³/mol. The van der Waals surface area contributed by atoms with Gasteiger partial charge in [0.25, 0.3) is 5.69 Å². The van der Waals surface area contributed by atoms with E-state index in [-0.39, 0.29) is 22.7 Å². The van der Waals surface area contributed by atoms with Gasteiger partial charge in [0.1, 0.15) is 0 Å². The summed E-state index contributed by atoms with van der Waals surface area (Å²) < 4.78 is 0. The third-order valence-corrected chi connectivity index (χ3v) is 4.13. The van der Waals surface area contributed by atoms with Gasteiger partial charge in [0.05, 0.1) is 11.0 Å². The normalized spacial score (nSPS) is 22.7. The molecule has 0 saturated heterocycles. The van der Waals surface area contributed by atoms with E-state index in [2.05, 4.69) is 23.5 Å². The molecule has 2 aliphatic rings. The SMILES string of the molecule is O=[N+]([O-])c1ccc2c(c1)C1Cc3ccccc3C2N1. The summed E-state index contributed by atoms with van der Waals surface area (Å²) in [6.07, 6.45) is 0.904. The number of hydrogen-bond donors (Lipinski definition) is 1. The standard InChI is InChI=1S/C15H12N2O2/c18-17(19)10-5-6-12-13(8-10)14-7-9-3-1-2-4-11(9)15(12)16-14/h1-6,8,14-16H,7H2. The van der Waals surface area contributed by atoms with Crippen LogP contribution in [-0.2, 0) is 6.42 Å². The van der Waals surface area contributed by atoms with Crippen LogP contribution in [0.4, 0.5) is 5.69 Å². The van der Waals surface area contributed by atoms with Crippen LogP contribution < -0.4 is 5.32 Å². The molecule has 0 amide bonds. The molecule has 2 aromatic rings. The van der Waals surface area contributed by atoms with Gasteiger partial charge in [-0.15, -0.1) is 0 Å². The average molecular weight is 252 g/mol. The molecule has 19 heavy (non-hydrogen) atoms. The Bertz CT molecular complexity index is 696.